The fourth-order valence-corrected chi connectivity index (χ4v) is 1.66. The van der Waals surface area contributed by atoms with Crippen LogP contribution in [0.25, 0.3) is 0 Å². The molecule has 0 saturated carbocycles. The number of rotatable bonds is 0. The van der Waals surface area contributed by atoms with E-state index in [1.807, 2.05) is 0 Å². The first-order chi connectivity index (χ1) is 5.90. The van der Waals surface area contributed by atoms with Crippen LogP contribution in [0.1, 0.15) is 13.8 Å². The third-order valence-electron chi connectivity index (χ3n) is 2.89. The first-order valence-corrected chi connectivity index (χ1v) is 3.89. The number of aliphatic imine (C=N–C) groups is 1. The summed E-state index contributed by atoms with van der Waals surface area (Å²) in [5.74, 6) is -0.260. The Morgan fingerprint density at radius 1 is 1.23 bits per heavy atom. The first kappa shape index (κ1) is 8.03. The lowest BCUT2D eigenvalue weighted by Crippen LogP contribution is -2.62. The number of carbonyl (C=O) groups is 2. The number of nitrogens with one attached hydrogen (secondary N) is 2. The SMILES string of the molecule is CC12NC(=O)NC1(C)C(N)=NC2=O. The van der Waals surface area contributed by atoms with Gasteiger partial charge in [-0.2, -0.15) is 4.99 Å². The van der Waals surface area contributed by atoms with Crippen LogP contribution >= 0.6 is 0 Å². The summed E-state index contributed by atoms with van der Waals surface area (Å²) in [5, 5.41) is 5.10. The molecule has 2 rings (SSSR count). The van der Waals surface area contributed by atoms with Crippen LogP contribution in [0.15, 0.2) is 4.99 Å². The van der Waals surface area contributed by atoms with E-state index in [1.165, 1.54) is 0 Å². The first-order valence-electron chi connectivity index (χ1n) is 3.89. The lowest BCUT2D eigenvalue weighted by atomic mass is 9.82. The lowest BCUT2D eigenvalue weighted by molar-refractivity contribution is -0.122. The molecular formula is C7H10N4O2. The topological polar surface area (TPSA) is 96.6 Å². The van der Waals surface area contributed by atoms with Gasteiger partial charge in [0.1, 0.15) is 16.9 Å². The number of hydrogen-bond donors (Lipinski definition) is 3. The van der Waals surface area contributed by atoms with Gasteiger partial charge in [-0.15, -0.1) is 0 Å². The van der Waals surface area contributed by atoms with Gasteiger partial charge >= 0.3 is 6.03 Å². The Morgan fingerprint density at radius 3 is 2.31 bits per heavy atom. The van der Waals surface area contributed by atoms with Crippen LogP contribution in [0.3, 0.4) is 0 Å². The average molecular weight is 182 g/mol. The minimum absolute atomic E-state index is 0.151. The number of urea groups is 1. The second-order valence-corrected chi connectivity index (χ2v) is 3.63. The predicted molar refractivity (Wildman–Crippen MR) is 45.1 cm³/mol. The molecule has 2 heterocycles. The summed E-state index contributed by atoms with van der Waals surface area (Å²) in [4.78, 5) is 26.1. The Kier molecular flexibility index (Phi) is 1.13. The van der Waals surface area contributed by atoms with Gasteiger partial charge in [-0.3, -0.25) is 4.79 Å². The van der Waals surface area contributed by atoms with Gasteiger partial charge < -0.3 is 16.4 Å². The Bertz CT molecular complexity index is 350. The summed E-state index contributed by atoms with van der Waals surface area (Å²) in [5.41, 5.74) is 3.65. The zero-order valence-electron chi connectivity index (χ0n) is 7.34. The minimum atomic E-state index is -1.03. The highest BCUT2D eigenvalue weighted by atomic mass is 16.2. The van der Waals surface area contributed by atoms with Crippen molar-refractivity contribution in [2.24, 2.45) is 10.7 Å². The fraction of sp³-hybridized carbons (Fsp3) is 0.571. The van der Waals surface area contributed by atoms with Gasteiger partial charge in [-0.25, -0.2) is 4.79 Å². The molecule has 13 heavy (non-hydrogen) atoms. The second kappa shape index (κ2) is 1.84. The molecule has 2 aliphatic rings. The van der Waals surface area contributed by atoms with Crippen LogP contribution in [-0.4, -0.2) is 28.9 Å². The molecule has 2 atom stereocenters. The van der Waals surface area contributed by atoms with E-state index in [0.717, 1.165) is 0 Å². The Morgan fingerprint density at radius 2 is 1.77 bits per heavy atom. The highest BCUT2D eigenvalue weighted by Crippen LogP contribution is 2.32. The predicted octanol–water partition coefficient (Wildman–Crippen LogP) is -1.29. The number of hydrogen-bond acceptors (Lipinski definition) is 3. The van der Waals surface area contributed by atoms with E-state index in [0.29, 0.717) is 0 Å². The van der Waals surface area contributed by atoms with Crippen molar-refractivity contribution in [1.82, 2.24) is 10.6 Å². The Hall–Kier alpha value is -1.59. The summed E-state index contributed by atoms with van der Waals surface area (Å²) in [6.45, 7) is 3.28. The molecule has 6 nitrogen and oxygen atoms in total. The van der Waals surface area contributed by atoms with Crippen LogP contribution in [0.5, 0.6) is 0 Å². The van der Waals surface area contributed by atoms with Gasteiger partial charge in [0.15, 0.2) is 0 Å². The molecule has 70 valence electrons. The third kappa shape index (κ3) is 0.660. The van der Waals surface area contributed by atoms with E-state index in [9.17, 15) is 9.59 Å². The molecule has 0 aromatic heterocycles. The molecule has 1 fully saturated rings. The number of amides is 3. The van der Waals surface area contributed by atoms with Crippen LogP contribution in [-0.2, 0) is 4.79 Å². The maximum absolute atomic E-state index is 11.4. The van der Waals surface area contributed by atoms with Crippen LogP contribution in [0.4, 0.5) is 4.79 Å². The molecule has 2 aliphatic heterocycles. The quantitative estimate of drug-likeness (QED) is 0.435. The molecule has 0 aliphatic carbocycles. The molecule has 0 bridgehead atoms. The standard InChI is InChI=1S/C7H10N4O2/c1-6-3(8)9-4(12)7(6,2)11-5(13)10-6/h1-2H3,(H2,8,9,12)(H2,10,11,13). The summed E-state index contributed by atoms with van der Waals surface area (Å²) in [7, 11) is 0. The summed E-state index contributed by atoms with van der Waals surface area (Å²) < 4.78 is 0. The van der Waals surface area contributed by atoms with Crippen molar-refractivity contribution in [3.63, 3.8) is 0 Å². The smallest absolute Gasteiger partial charge is 0.316 e. The van der Waals surface area contributed by atoms with Gasteiger partial charge in [0.2, 0.25) is 0 Å². The van der Waals surface area contributed by atoms with E-state index in [4.69, 9.17) is 5.73 Å². The van der Waals surface area contributed by atoms with E-state index < -0.39 is 23.0 Å². The number of carbonyl (C=O) groups excluding carboxylic acids is 2. The lowest BCUT2D eigenvalue weighted by Gasteiger charge is -2.29. The molecule has 6 heteroatoms. The van der Waals surface area contributed by atoms with Crippen molar-refractivity contribution in [3.05, 3.63) is 0 Å². The highest BCUT2D eigenvalue weighted by Gasteiger charge is 2.63. The largest absolute Gasteiger partial charge is 0.385 e. The molecule has 0 aromatic rings. The third-order valence-corrected chi connectivity index (χ3v) is 2.89. The molecule has 4 N–H and O–H groups in total. The fourth-order valence-electron chi connectivity index (χ4n) is 1.66. The van der Waals surface area contributed by atoms with Crippen LogP contribution < -0.4 is 16.4 Å². The number of fused-ring (bicyclic) bond motifs is 1. The Balaban J connectivity index is 2.57. The normalized spacial score (nSPS) is 42.5. The van der Waals surface area contributed by atoms with Crippen LogP contribution in [0, 0.1) is 0 Å². The summed E-state index contributed by atoms with van der Waals surface area (Å²) in [6, 6.07) is -0.392. The summed E-state index contributed by atoms with van der Waals surface area (Å²) >= 11 is 0. The summed E-state index contributed by atoms with van der Waals surface area (Å²) in [6.07, 6.45) is 0. The zero-order chi connectivity index (χ0) is 9.85. The average Bonchev–Trinajstić information content (AvgIpc) is 2.31. The van der Waals surface area contributed by atoms with Gasteiger partial charge in [-0.1, -0.05) is 0 Å². The number of nitrogens with two attached hydrogens (primary N) is 1. The van der Waals surface area contributed by atoms with E-state index >= 15 is 0 Å². The van der Waals surface area contributed by atoms with Gasteiger partial charge in [-0.05, 0) is 13.8 Å². The molecule has 3 amide bonds. The number of nitrogens with zero attached hydrogens (tertiary/aromatic N) is 1. The Labute approximate surface area is 74.6 Å². The molecule has 0 aromatic carbocycles. The van der Waals surface area contributed by atoms with Gasteiger partial charge in [0.25, 0.3) is 5.91 Å². The minimum Gasteiger partial charge on any atom is -0.385 e. The van der Waals surface area contributed by atoms with Crippen molar-refractivity contribution in [2.45, 2.75) is 24.9 Å². The zero-order valence-corrected chi connectivity index (χ0v) is 7.34. The molecule has 1 saturated heterocycles. The van der Waals surface area contributed by atoms with E-state index in [-0.39, 0.29) is 5.84 Å². The van der Waals surface area contributed by atoms with Crippen molar-refractivity contribution in [3.8, 4) is 0 Å². The maximum atomic E-state index is 11.4. The number of amidine groups is 1. The maximum Gasteiger partial charge on any atom is 0.316 e. The van der Waals surface area contributed by atoms with Crippen molar-refractivity contribution in [2.75, 3.05) is 0 Å². The van der Waals surface area contributed by atoms with Gasteiger partial charge in [0.05, 0.1) is 0 Å². The second-order valence-electron chi connectivity index (χ2n) is 3.63. The van der Waals surface area contributed by atoms with E-state index in [1.54, 1.807) is 13.8 Å². The molecule has 2 unspecified atom stereocenters. The van der Waals surface area contributed by atoms with Crippen molar-refractivity contribution < 1.29 is 9.59 Å². The molecular weight excluding hydrogens is 172 g/mol. The monoisotopic (exact) mass is 182 g/mol. The van der Waals surface area contributed by atoms with Crippen molar-refractivity contribution in [1.29, 1.82) is 0 Å². The highest BCUT2D eigenvalue weighted by molar-refractivity contribution is 6.17. The van der Waals surface area contributed by atoms with Crippen LogP contribution in [0.2, 0.25) is 0 Å². The van der Waals surface area contributed by atoms with Gasteiger partial charge in [0, 0.05) is 0 Å². The van der Waals surface area contributed by atoms with Crippen molar-refractivity contribution >= 4 is 17.8 Å². The van der Waals surface area contributed by atoms with E-state index in [2.05, 4.69) is 15.6 Å². The molecule has 0 spiro atoms. The molecule has 0 radical (unpaired) electrons.